The first-order valence-electron chi connectivity index (χ1n) is 8.22. The molecule has 0 bridgehead atoms. The van der Waals surface area contributed by atoms with Gasteiger partial charge in [0.05, 0.1) is 16.7 Å². The first-order chi connectivity index (χ1) is 12.0. The van der Waals surface area contributed by atoms with Crippen molar-refractivity contribution in [3.63, 3.8) is 0 Å². The Kier molecular flexibility index (Phi) is 8.19. The monoisotopic (exact) mass is 404 g/mol. The fourth-order valence-electron chi connectivity index (χ4n) is 2.49. The zero-order valence-electron chi connectivity index (χ0n) is 14.2. The second kappa shape index (κ2) is 10.1. The lowest BCUT2D eigenvalue weighted by molar-refractivity contribution is -0.132. The molecule has 0 spiro atoms. The number of carbonyl (C=O) groups is 2. The molecule has 1 aromatic carbocycles. The van der Waals surface area contributed by atoms with Crippen LogP contribution in [0.25, 0.3) is 0 Å². The molecule has 0 radical (unpaired) electrons. The Bertz CT molecular complexity index is 608. The quantitative estimate of drug-likeness (QED) is 0.674. The number of amides is 2. The van der Waals surface area contributed by atoms with E-state index in [0.29, 0.717) is 49.3 Å². The van der Waals surface area contributed by atoms with Crippen molar-refractivity contribution in [2.45, 2.75) is 19.1 Å². The number of hydrogen-bond donors (Lipinski definition) is 0. The average Bonchev–Trinajstić information content (AvgIpc) is 2.62. The Morgan fingerprint density at radius 2 is 1.80 bits per heavy atom. The maximum absolute atomic E-state index is 12.2. The maximum Gasteiger partial charge on any atom is 0.409 e. The molecule has 1 aliphatic heterocycles. The molecule has 1 fully saturated rings. The van der Waals surface area contributed by atoms with Crippen molar-refractivity contribution in [1.82, 2.24) is 9.80 Å². The van der Waals surface area contributed by atoms with Crippen molar-refractivity contribution in [2.24, 2.45) is 0 Å². The number of ether oxygens (including phenoxy) is 1. The number of nitrogens with zero attached hydrogens (tertiary/aromatic N) is 2. The van der Waals surface area contributed by atoms with Gasteiger partial charge in [-0.25, -0.2) is 4.79 Å². The summed E-state index contributed by atoms with van der Waals surface area (Å²) in [4.78, 5) is 27.4. The standard InChI is InChI=1S/C17H22Cl2N2O3S/c1-2-24-17(23)21-8-6-20(7-9-21)16(22)5-10-25-12-13-3-4-14(18)15(19)11-13/h3-4,11H,2,5-10,12H2,1H3. The lowest BCUT2D eigenvalue weighted by atomic mass is 10.2. The lowest BCUT2D eigenvalue weighted by Gasteiger charge is -2.34. The topological polar surface area (TPSA) is 49.9 Å². The average molecular weight is 405 g/mol. The van der Waals surface area contributed by atoms with Crippen LogP contribution < -0.4 is 0 Å². The number of halogens is 2. The lowest BCUT2D eigenvalue weighted by Crippen LogP contribution is -2.50. The molecule has 0 aromatic heterocycles. The minimum atomic E-state index is -0.299. The minimum Gasteiger partial charge on any atom is -0.450 e. The van der Waals surface area contributed by atoms with Crippen molar-refractivity contribution in [3.05, 3.63) is 33.8 Å². The zero-order valence-corrected chi connectivity index (χ0v) is 16.5. The van der Waals surface area contributed by atoms with Crippen LogP contribution in [0.5, 0.6) is 0 Å². The Labute approximate surface area is 162 Å². The van der Waals surface area contributed by atoms with Crippen LogP contribution in [0.15, 0.2) is 18.2 Å². The van der Waals surface area contributed by atoms with E-state index >= 15 is 0 Å². The van der Waals surface area contributed by atoms with E-state index in [4.69, 9.17) is 27.9 Å². The van der Waals surface area contributed by atoms with Gasteiger partial charge in [-0.15, -0.1) is 0 Å². The highest BCUT2D eigenvalue weighted by Crippen LogP contribution is 2.24. The van der Waals surface area contributed by atoms with E-state index in [1.807, 2.05) is 17.0 Å². The van der Waals surface area contributed by atoms with Gasteiger partial charge in [-0.2, -0.15) is 11.8 Å². The Balaban J connectivity index is 1.66. The number of rotatable bonds is 6. The molecule has 0 saturated carbocycles. The van der Waals surface area contributed by atoms with Crippen LogP contribution in [-0.4, -0.2) is 60.3 Å². The van der Waals surface area contributed by atoms with Gasteiger partial charge in [0.1, 0.15) is 0 Å². The fraction of sp³-hybridized carbons (Fsp3) is 0.529. The molecule has 0 unspecified atom stereocenters. The molecular formula is C17H22Cl2N2O3S. The van der Waals surface area contributed by atoms with E-state index < -0.39 is 0 Å². The van der Waals surface area contributed by atoms with Crippen LogP contribution >= 0.6 is 35.0 Å². The first kappa shape index (κ1) is 20.2. The molecule has 2 rings (SSSR count). The Morgan fingerprint density at radius 1 is 1.12 bits per heavy atom. The Hall–Kier alpha value is -1.11. The van der Waals surface area contributed by atoms with E-state index in [0.717, 1.165) is 17.1 Å². The van der Waals surface area contributed by atoms with E-state index in [-0.39, 0.29) is 12.0 Å². The van der Waals surface area contributed by atoms with Crippen LogP contribution in [0.1, 0.15) is 18.9 Å². The van der Waals surface area contributed by atoms with E-state index in [2.05, 4.69) is 0 Å². The van der Waals surface area contributed by atoms with Crippen LogP contribution in [0.3, 0.4) is 0 Å². The van der Waals surface area contributed by atoms with E-state index in [9.17, 15) is 9.59 Å². The number of hydrogen-bond acceptors (Lipinski definition) is 4. The minimum absolute atomic E-state index is 0.130. The molecule has 0 atom stereocenters. The first-order valence-corrected chi connectivity index (χ1v) is 10.1. The van der Waals surface area contributed by atoms with Crippen molar-refractivity contribution < 1.29 is 14.3 Å². The summed E-state index contributed by atoms with van der Waals surface area (Å²) in [7, 11) is 0. The van der Waals surface area contributed by atoms with E-state index in [1.54, 1.807) is 29.7 Å². The maximum atomic E-state index is 12.2. The largest absolute Gasteiger partial charge is 0.450 e. The Morgan fingerprint density at radius 3 is 2.44 bits per heavy atom. The van der Waals surface area contributed by atoms with Gasteiger partial charge in [0, 0.05) is 44.1 Å². The number of carbonyl (C=O) groups excluding carboxylic acids is 2. The molecule has 138 valence electrons. The van der Waals surface area contributed by atoms with Crippen LogP contribution in [-0.2, 0) is 15.3 Å². The molecule has 0 N–H and O–H groups in total. The fourth-order valence-corrected chi connectivity index (χ4v) is 3.69. The highest BCUT2D eigenvalue weighted by Gasteiger charge is 2.24. The molecule has 1 heterocycles. The van der Waals surface area contributed by atoms with Crippen LogP contribution in [0.4, 0.5) is 4.79 Å². The number of thioether (sulfide) groups is 1. The van der Waals surface area contributed by atoms with Gasteiger partial charge in [-0.1, -0.05) is 29.3 Å². The van der Waals surface area contributed by atoms with Gasteiger partial charge in [0.2, 0.25) is 5.91 Å². The van der Waals surface area contributed by atoms with E-state index in [1.165, 1.54) is 0 Å². The summed E-state index contributed by atoms with van der Waals surface area (Å²) in [6, 6.07) is 5.58. The van der Waals surface area contributed by atoms with Crippen molar-refractivity contribution in [3.8, 4) is 0 Å². The molecule has 1 saturated heterocycles. The van der Waals surface area contributed by atoms with Gasteiger partial charge in [-0.3, -0.25) is 4.79 Å². The highest BCUT2D eigenvalue weighted by atomic mass is 35.5. The normalized spacial score (nSPS) is 14.5. The van der Waals surface area contributed by atoms with Gasteiger partial charge < -0.3 is 14.5 Å². The van der Waals surface area contributed by atoms with Gasteiger partial charge in [0.15, 0.2) is 0 Å². The number of piperazine rings is 1. The van der Waals surface area contributed by atoms with Gasteiger partial charge in [0.25, 0.3) is 0 Å². The molecule has 25 heavy (non-hydrogen) atoms. The van der Waals surface area contributed by atoms with Crippen molar-refractivity contribution in [2.75, 3.05) is 38.5 Å². The van der Waals surface area contributed by atoms with Crippen molar-refractivity contribution >= 4 is 47.0 Å². The molecule has 2 amide bonds. The predicted octanol–water partition coefficient (Wildman–Crippen LogP) is 3.92. The van der Waals surface area contributed by atoms with Crippen LogP contribution in [0.2, 0.25) is 10.0 Å². The molecule has 5 nitrogen and oxygen atoms in total. The smallest absolute Gasteiger partial charge is 0.409 e. The molecular weight excluding hydrogens is 383 g/mol. The summed E-state index contributed by atoms with van der Waals surface area (Å²) in [5.41, 5.74) is 1.09. The number of benzene rings is 1. The SMILES string of the molecule is CCOC(=O)N1CCN(C(=O)CCSCc2ccc(Cl)c(Cl)c2)CC1. The van der Waals surface area contributed by atoms with Gasteiger partial charge in [-0.05, 0) is 24.6 Å². The predicted molar refractivity (Wildman–Crippen MR) is 102 cm³/mol. The van der Waals surface area contributed by atoms with Crippen LogP contribution in [0, 0.1) is 0 Å². The summed E-state index contributed by atoms with van der Waals surface area (Å²) in [6.45, 7) is 4.34. The summed E-state index contributed by atoms with van der Waals surface area (Å²) in [6.07, 6.45) is 0.192. The molecule has 8 heteroatoms. The third kappa shape index (κ3) is 6.28. The molecule has 1 aliphatic rings. The molecule has 0 aliphatic carbocycles. The van der Waals surface area contributed by atoms with Gasteiger partial charge >= 0.3 is 6.09 Å². The third-order valence-corrected chi connectivity index (χ3v) is 5.64. The second-order valence-corrected chi connectivity index (χ2v) is 7.54. The molecule has 1 aromatic rings. The second-order valence-electron chi connectivity index (χ2n) is 5.62. The van der Waals surface area contributed by atoms with Crippen molar-refractivity contribution in [1.29, 1.82) is 0 Å². The summed E-state index contributed by atoms with van der Waals surface area (Å²) in [5.74, 6) is 1.67. The summed E-state index contributed by atoms with van der Waals surface area (Å²) < 4.78 is 4.98. The summed E-state index contributed by atoms with van der Waals surface area (Å²) in [5, 5.41) is 1.10. The zero-order chi connectivity index (χ0) is 18.2. The highest BCUT2D eigenvalue weighted by molar-refractivity contribution is 7.98. The summed E-state index contributed by atoms with van der Waals surface area (Å²) >= 11 is 13.6. The third-order valence-electron chi connectivity index (χ3n) is 3.87.